The topological polar surface area (TPSA) is 40.2 Å². The van der Waals surface area contributed by atoms with E-state index in [0.717, 1.165) is 43.9 Å². The summed E-state index contributed by atoms with van der Waals surface area (Å²) >= 11 is 0. The molecular weight excluding hydrogens is 291 g/mol. The molecule has 1 aromatic carbocycles. The summed E-state index contributed by atoms with van der Waals surface area (Å²) < 4.78 is 14.2. The maximum Gasteiger partial charge on any atom is 0.146 e. The largest absolute Gasteiger partial charge is 0.368 e. The van der Waals surface area contributed by atoms with Crippen LogP contribution in [0.5, 0.6) is 0 Å². The Morgan fingerprint density at radius 1 is 1.13 bits per heavy atom. The van der Waals surface area contributed by atoms with E-state index in [1.54, 1.807) is 12.3 Å². The fraction of sp³-hybridized carbons (Fsp3) is 0.389. The van der Waals surface area contributed by atoms with E-state index in [2.05, 4.69) is 20.5 Å². The summed E-state index contributed by atoms with van der Waals surface area (Å²) in [7, 11) is 0. The zero-order valence-electron chi connectivity index (χ0n) is 13.3. The molecule has 0 bridgehead atoms. The lowest BCUT2D eigenvalue weighted by Gasteiger charge is -2.23. The molecule has 0 radical (unpaired) electrons. The Kier molecular flexibility index (Phi) is 5.56. The van der Waals surface area contributed by atoms with Gasteiger partial charge in [0.05, 0.1) is 11.4 Å². The van der Waals surface area contributed by atoms with Gasteiger partial charge in [0.25, 0.3) is 0 Å². The molecule has 1 aliphatic rings. The molecule has 2 aromatic rings. The van der Waals surface area contributed by atoms with E-state index in [-0.39, 0.29) is 5.82 Å². The number of hydrogen-bond acceptors (Lipinski definition) is 4. The van der Waals surface area contributed by atoms with Gasteiger partial charge in [-0.1, -0.05) is 12.1 Å². The van der Waals surface area contributed by atoms with Crippen LogP contribution in [0.3, 0.4) is 0 Å². The Morgan fingerprint density at radius 3 is 2.96 bits per heavy atom. The Balaban J connectivity index is 1.62. The first-order valence-electron chi connectivity index (χ1n) is 8.17. The molecule has 0 unspecified atom stereocenters. The molecule has 1 saturated heterocycles. The first kappa shape index (κ1) is 15.9. The first-order chi connectivity index (χ1) is 11.3. The number of aromatic nitrogens is 1. The lowest BCUT2D eigenvalue weighted by molar-refractivity contribution is 0.615. The van der Waals surface area contributed by atoms with Crippen molar-refractivity contribution in [3.8, 4) is 0 Å². The van der Waals surface area contributed by atoms with Crippen molar-refractivity contribution in [1.29, 1.82) is 0 Å². The molecule has 0 aliphatic carbocycles. The molecule has 1 aromatic heterocycles. The highest BCUT2D eigenvalue weighted by atomic mass is 19.1. The summed E-state index contributed by atoms with van der Waals surface area (Å²) in [6.45, 7) is 5.07. The second-order valence-electron chi connectivity index (χ2n) is 5.80. The molecule has 2 heterocycles. The number of benzene rings is 1. The van der Waals surface area contributed by atoms with E-state index in [1.807, 2.05) is 30.3 Å². The van der Waals surface area contributed by atoms with Crippen LogP contribution >= 0.6 is 0 Å². The zero-order chi connectivity index (χ0) is 15.9. The van der Waals surface area contributed by atoms with Crippen molar-refractivity contribution in [3.63, 3.8) is 0 Å². The highest BCUT2D eigenvalue weighted by Crippen LogP contribution is 2.21. The van der Waals surface area contributed by atoms with Crippen LogP contribution in [0, 0.1) is 5.82 Å². The SMILES string of the molecule is Fc1ccc(CNCc2ccccn2)cc1N1CCCNCC1. The lowest BCUT2D eigenvalue weighted by Crippen LogP contribution is -2.28. The van der Waals surface area contributed by atoms with Crippen LogP contribution in [0.25, 0.3) is 0 Å². The van der Waals surface area contributed by atoms with Gasteiger partial charge in [-0.05, 0) is 42.8 Å². The molecule has 122 valence electrons. The fourth-order valence-electron chi connectivity index (χ4n) is 2.83. The molecule has 3 rings (SSSR count). The Labute approximate surface area is 136 Å². The van der Waals surface area contributed by atoms with Gasteiger partial charge in [-0.15, -0.1) is 0 Å². The molecule has 0 saturated carbocycles. The van der Waals surface area contributed by atoms with E-state index >= 15 is 0 Å². The van der Waals surface area contributed by atoms with Crippen LogP contribution in [0.1, 0.15) is 17.7 Å². The van der Waals surface area contributed by atoms with Gasteiger partial charge in [0.2, 0.25) is 0 Å². The Hall–Kier alpha value is -1.98. The number of halogens is 1. The van der Waals surface area contributed by atoms with E-state index in [1.165, 1.54) is 0 Å². The third-order valence-electron chi connectivity index (χ3n) is 4.05. The van der Waals surface area contributed by atoms with E-state index in [4.69, 9.17) is 0 Å². The quantitative estimate of drug-likeness (QED) is 0.888. The molecule has 1 fully saturated rings. The molecule has 0 spiro atoms. The summed E-state index contributed by atoms with van der Waals surface area (Å²) in [5.41, 5.74) is 2.81. The van der Waals surface area contributed by atoms with Crippen molar-refractivity contribution in [1.82, 2.24) is 15.6 Å². The van der Waals surface area contributed by atoms with Gasteiger partial charge in [0.1, 0.15) is 5.82 Å². The highest BCUT2D eigenvalue weighted by molar-refractivity contribution is 5.50. The summed E-state index contributed by atoms with van der Waals surface area (Å²) in [4.78, 5) is 6.42. The van der Waals surface area contributed by atoms with Crippen LogP contribution in [0.4, 0.5) is 10.1 Å². The van der Waals surface area contributed by atoms with Crippen molar-refractivity contribution in [2.24, 2.45) is 0 Å². The second kappa shape index (κ2) is 8.04. The molecule has 0 amide bonds. The third-order valence-corrected chi connectivity index (χ3v) is 4.05. The van der Waals surface area contributed by atoms with Gasteiger partial charge >= 0.3 is 0 Å². The van der Waals surface area contributed by atoms with Crippen molar-refractivity contribution >= 4 is 5.69 Å². The number of nitrogens with zero attached hydrogens (tertiary/aromatic N) is 2. The van der Waals surface area contributed by atoms with Crippen molar-refractivity contribution in [2.75, 3.05) is 31.1 Å². The summed E-state index contributed by atoms with van der Waals surface area (Å²) in [5, 5.41) is 6.71. The fourth-order valence-corrected chi connectivity index (χ4v) is 2.83. The van der Waals surface area contributed by atoms with Crippen LogP contribution < -0.4 is 15.5 Å². The van der Waals surface area contributed by atoms with Crippen LogP contribution in [0.2, 0.25) is 0 Å². The first-order valence-corrected chi connectivity index (χ1v) is 8.17. The Morgan fingerprint density at radius 2 is 2.09 bits per heavy atom. The maximum atomic E-state index is 14.2. The van der Waals surface area contributed by atoms with Gasteiger partial charge in [0.15, 0.2) is 0 Å². The number of rotatable bonds is 5. The van der Waals surface area contributed by atoms with Crippen LogP contribution in [0.15, 0.2) is 42.6 Å². The van der Waals surface area contributed by atoms with Gasteiger partial charge < -0.3 is 15.5 Å². The minimum absolute atomic E-state index is 0.139. The van der Waals surface area contributed by atoms with Crippen molar-refractivity contribution in [2.45, 2.75) is 19.5 Å². The van der Waals surface area contributed by atoms with E-state index in [0.29, 0.717) is 18.8 Å². The minimum atomic E-state index is -0.139. The third kappa shape index (κ3) is 4.50. The lowest BCUT2D eigenvalue weighted by atomic mass is 10.1. The average Bonchev–Trinajstić information content (AvgIpc) is 2.87. The maximum absolute atomic E-state index is 14.2. The summed E-state index contributed by atoms with van der Waals surface area (Å²) in [5.74, 6) is -0.139. The predicted octanol–water partition coefficient (Wildman–Crippen LogP) is 2.31. The van der Waals surface area contributed by atoms with Crippen LogP contribution in [-0.4, -0.2) is 31.2 Å². The molecule has 5 heteroatoms. The molecule has 2 N–H and O–H groups in total. The molecule has 23 heavy (non-hydrogen) atoms. The van der Waals surface area contributed by atoms with E-state index in [9.17, 15) is 4.39 Å². The molecule has 1 aliphatic heterocycles. The highest BCUT2D eigenvalue weighted by Gasteiger charge is 2.14. The van der Waals surface area contributed by atoms with Crippen molar-refractivity contribution < 1.29 is 4.39 Å². The van der Waals surface area contributed by atoms with Crippen LogP contribution in [-0.2, 0) is 13.1 Å². The average molecular weight is 314 g/mol. The van der Waals surface area contributed by atoms with Gasteiger partial charge in [-0.25, -0.2) is 4.39 Å². The van der Waals surface area contributed by atoms with Crippen molar-refractivity contribution in [3.05, 3.63) is 59.7 Å². The number of pyridine rings is 1. The van der Waals surface area contributed by atoms with Gasteiger partial charge in [-0.2, -0.15) is 0 Å². The second-order valence-corrected chi connectivity index (χ2v) is 5.80. The molecular formula is C18H23FN4. The summed E-state index contributed by atoms with van der Waals surface area (Å²) in [6, 6.07) is 11.3. The number of anilines is 1. The van der Waals surface area contributed by atoms with Gasteiger partial charge in [0, 0.05) is 38.9 Å². The standard InChI is InChI=1S/C18H23FN4/c19-17-6-5-15(13-21-14-16-4-1-2-8-22-16)12-18(17)23-10-3-7-20-9-11-23/h1-2,4-6,8,12,20-21H,3,7,9-11,13-14H2. The number of hydrogen-bond donors (Lipinski definition) is 2. The zero-order valence-corrected chi connectivity index (χ0v) is 13.3. The van der Waals surface area contributed by atoms with Gasteiger partial charge in [-0.3, -0.25) is 4.98 Å². The molecule has 0 atom stereocenters. The summed E-state index contributed by atoms with van der Waals surface area (Å²) in [6.07, 6.45) is 2.84. The van der Waals surface area contributed by atoms with E-state index < -0.39 is 0 Å². The molecule has 4 nitrogen and oxygen atoms in total. The number of nitrogens with one attached hydrogen (secondary N) is 2. The minimum Gasteiger partial charge on any atom is -0.368 e. The normalized spacial score (nSPS) is 15.4. The predicted molar refractivity (Wildman–Crippen MR) is 90.9 cm³/mol. The monoisotopic (exact) mass is 314 g/mol. The Bertz CT molecular complexity index is 610. The smallest absolute Gasteiger partial charge is 0.146 e.